The van der Waals surface area contributed by atoms with Crippen LogP contribution in [0, 0.1) is 11.7 Å². The average molecular weight is 530 g/mol. The Morgan fingerprint density at radius 1 is 1.13 bits per heavy atom. The van der Waals surface area contributed by atoms with Crippen molar-refractivity contribution in [2.75, 3.05) is 31.1 Å². The van der Waals surface area contributed by atoms with Crippen LogP contribution in [0.5, 0.6) is 0 Å². The molecule has 1 aliphatic carbocycles. The number of aryl methyl sites for hydroxylation is 1. The van der Waals surface area contributed by atoms with Crippen molar-refractivity contribution in [3.8, 4) is 11.5 Å². The number of amides is 1. The Morgan fingerprint density at radius 2 is 2.00 bits per heavy atom. The molecule has 2 fully saturated rings. The number of rotatable bonds is 7. The number of halogens is 1. The van der Waals surface area contributed by atoms with Crippen LogP contribution in [0.15, 0.2) is 36.4 Å². The summed E-state index contributed by atoms with van der Waals surface area (Å²) in [6.45, 7) is 7.40. The number of aliphatic hydroxyl groups excluding tert-OH is 1. The molecule has 2 aromatic carbocycles. The summed E-state index contributed by atoms with van der Waals surface area (Å²) in [7, 11) is 0. The number of anilines is 1. The van der Waals surface area contributed by atoms with E-state index in [9.17, 15) is 9.90 Å². The van der Waals surface area contributed by atoms with Crippen molar-refractivity contribution in [2.24, 2.45) is 5.92 Å². The number of carbonyl (C=O) groups excluding carboxylic acids is 1. The van der Waals surface area contributed by atoms with E-state index >= 15 is 4.39 Å². The second-order valence-corrected chi connectivity index (χ2v) is 11.5. The zero-order valence-corrected chi connectivity index (χ0v) is 22.7. The van der Waals surface area contributed by atoms with Crippen LogP contribution >= 0.6 is 0 Å². The summed E-state index contributed by atoms with van der Waals surface area (Å²) in [6, 6.07) is 12.3. The minimum atomic E-state index is -0.390. The molecular formula is C31H36FN5O2. The van der Waals surface area contributed by atoms with Crippen LogP contribution in [-0.4, -0.2) is 62.3 Å². The maximum atomic E-state index is 15.8. The molecule has 7 nitrogen and oxygen atoms in total. The maximum absolute atomic E-state index is 15.8. The van der Waals surface area contributed by atoms with Crippen molar-refractivity contribution in [3.05, 3.63) is 47.8 Å². The third kappa shape index (κ3) is 3.71. The summed E-state index contributed by atoms with van der Waals surface area (Å²) in [5.74, 6) is 0.867. The normalized spacial score (nSPS) is 22.1. The number of hydrogen-bond donors (Lipinski definition) is 1. The first-order valence-electron chi connectivity index (χ1n) is 14.5. The summed E-state index contributed by atoms with van der Waals surface area (Å²) in [6.07, 6.45) is 5.00. The second kappa shape index (κ2) is 9.37. The van der Waals surface area contributed by atoms with Crippen molar-refractivity contribution in [2.45, 2.75) is 64.6 Å². The zero-order valence-electron chi connectivity index (χ0n) is 22.7. The first kappa shape index (κ1) is 24.6. The highest BCUT2D eigenvalue weighted by atomic mass is 19.1. The van der Waals surface area contributed by atoms with Crippen LogP contribution in [-0.2, 0) is 6.54 Å². The van der Waals surface area contributed by atoms with Gasteiger partial charge in [0.1, 0.15) is 11.3 Å². The largest absolute Gasteiger partial charge is 0.396 e. The second-order valence-electron chi connectivity index (χ2n) is 11.5. The molecule has 0 radical (unpaired) electrons. The van der Waals surface area contributed by atoms with Gasteiger partial charge in [0.2, 0.25) is 0 Å². The van der Waals surface area contributed by atoms with Gasteiger partial charge in [0.05, 0.1) is 28.5 Å². The SMILES string of the molecule is CCC1CN(CCCO)c2cccc3cc(-c4nc5cc(C(=O)N6C[C@H]7CC[C@@H]6C7)cc(F)c5n4CC)n1c23. The Balaban J connectivity index is 1.37. The molecule has 0 spiro atoms. The lowest BCUT2D eigenvalue weighted by atomic mass is 10.1. The molecule has 7 rings (SSSR count). The van der Waals surface area contributed by atoms with Crippen LogP contribution in [0.4, 0.5) is 10.1 Å². The Labute approximate surface area is 227 Å². The van der Waals surface area contributed by atoms with Gasteiger partial charge < -0.3 is 24.0 Å². The van der Waals surface area contributed by atoms with E-state index < -0.39 is 5.82 Å². The molecular weight excluding hydrogens is 493 g/mol. The number of hydrogen-bond acceptors (Lipinski definition) is 4. The monoisotopic (exact) mass is 529 g/mol. The number of benzene rings is 2. The fourth-order valence-electron chi connectivity index (χ4n) is 7.47. The number of aromatic nitrogens is 3. The predicted octanol–water partition coefficient (Wildman–Crippen LogP) is 5.60. The maximum Gasteiger partial charge on any atom is 0.254 e. The lowest BCUT2D eigenvalue weighted by Gasteiger charge is -2.36. The zero-order chi connectivity index (χ0) is 26.8. The van der Waals surface area contributed by atoms with Crippen molar-refractivity contribution < 1.29 is 14.3 Å². The molecule has 1 saturated heterocycles. The van der Waals surface area contributed by atoms with Crippen molar-refractivity contribution in [1.29, 1.82) is 0 Å². The number of nitrogens with zero attached hydrogens (tertiary/aromatic N) is 5. The first-order valence-corrected chi connectivity index (χ1v) is 14.5. The Bertz CT molecular complexity index is 1590. The number of aliphatic hydroxyl groups is 1. The topological polar surface area (TPSA) is 66.5 Å². The summed E-state index contributed by atoms with van der Waals surface area (Å²) in [5.41, 5.74) is 4.70. The molecule has 204 valence electrons. The Kier molecular flexibility index (Phi) is 5.92. The number of fused-ring (bicyclic) bond motifs is 3. The molecule has 4 aromatic rings. The summed E-state index contributed by atoms with van der Waals surface area (Å²) in [4.78, 5) is 22.8. The molecule has 1 saturated carbocycles. The summed E-state index contributed by atoms with van der Waals surface area (Å²) < 4.78 is 20.1. The van der Waals surface area contributed by atoms with E-state index in [1.165, 1.54) is 18.0 Å². The number of likely N-dealkylation sites (tertiary alicyclic amines) is 1. The molecule has 1 amide bonds. The van der Waals surface area contributed by atoms with Gasteiger partial charge in [-0.3, -0.25) is 4.79 Å². The third-order valence-electron chi connectivity index (χ3n) is 9.29. The van der Waals surface area contributed by atoms with E-state index in [2.05, 4.69) is 40.7 Å². The number of imidazole rings is 1. The van der Waals surface area contributed by atoms with Gasteiger partial charge >= 0.3 is 0 Å². The molecule has 1 unspecified atom stereocenters. The van der Waals surface area contributed by atoms with Gasteiger partial charge in [-0.15, -0.1) is 0 Å². The lowest BCUT2D eigenvalue weighted by Crippen LogP contribution is -2.37. The minimum Gasteiger partial charge on any atom is -0.396 e. The van der Waals surface area contributed by atoms with E-state index in [0.717, 1.165) is 67.9 Å². The van der Waals surface area contributed by atoms with Gasteiger partial charge in [-0.05, 0) is 69.2 Å². The fourth-order valence-corrected chi connectivity index (χ4v) is 7.47. The quantitative estimate of drug-likeness (QED) is 0.339. The van der Waals surface area contributed by atoms with Gasteiger partial charge in [-0.1, -0.05) is 19.1 Å². The first-order chi connectivity index (χ1) is 19.0. The van der Waals surface area contributed by atoms with E-state index in [-0.39, 0.29) is 18.6 Å². The van der Waals surface area contributed by atoms with Crippen molar-refractivity contribution in [3.63, 3.8) is 0 Å². The number of para-hydroxylation sites is 1. The smallest absolute Gasteiger partial charge is 0.254 e. The third-order valence-corrected chi connectivity index (χ3v) is 9.29. The van der Waals surface area contributed by atoms with E-state index in [1.807, 2.05) is 16.4 Å². The molecule has 8 heteroatoms. The highest BCUT2D eigenvalue weighted by Gasteiger charge is 2.40. The van der Waals surface area contributed by atoms with Gasteiger partial charge in [-0.25, -0.2) is 9.37 Å². The number of piperidine rings is 1. The highest BCUT2D eigenvalue weighted by molar-refractivity contribution is 6.00. The van der Waals surface area contributed by atoms with Crippen LogP contribution in [0.1, 0.15) is 62.4 Å². The minimum absolute atomic E-state index is 0.0715. The van der Waals surface area contributed by atoms with Crippen LogP contribution in [0.3, 0.4) is 0 Å². The van der Waals surface area contributed by atoms with Gasteiger partial charge in [0, 0.05) is 49.8 Å². The molecule has 1 N–H and O–H groups in total. The average Bonchev–Trinajstić information content (AvgIpc) is 3.74. The van der Waals surface area contributed by atoms with Gasteiger partial charge in [0.25, 0.3) is 5.91 Å². The Hall–Kier alpha value is -3.39. The molecule has 2 aromatic heterocycles. The summed E-state index contributed by atoms with van der Waals surface area (Å²) in [5, 5.41) is 10.6. The fraction of sp³-hybridized carbons (Fsp3) is 0.484. The predicted molar refractivity (Wildman–Crippen MR) is 152 cm³/mol. The number of carbonyl (C=O) groups is 1. The standard InChI is InChI=1S/C31H36FN5O2/c1-3-22-18-34(11-6-12-38)26-8-5-7-20-16-27(37(22)28(20)26)30-33-25-15-21(14-24(32)29(25)35(30)4-2)31(39)36-17-19-9-10-23(36)13-19/h5,7-8,14-16,19,22-23,38H,3-4,6,9-13,17-18H2,1-2H3/t19-,22?,23+/m0/s1. The highest BCUT2D eigenvalue weighted by Crippen LogP contribution is 2.43. The van der Waals surface area contributed by atoms with E-state index in [4.69, 9.17) is 4.98 Å². The molecule has 2 aliphatic heterocycles. The lowest BCUT2D eigenvalue weighted by molar-refractivity contribution is 0.0703. The van der Waals surface area contributed by atoms with E-state index in [1.54, 1.807) is 6.07 Å². The molecule has 4 heterocycles. The van der Waals surface area contributed by atoms with E-state index in [0.29, 0.717) is 35.1 Å². The molecule has 2 bridgehead atoms. The van der Waals surface area contributed by atoms with Crippen molar-refractivity contribution in [1.82, 2.24) is 19.0 Å². The van der Waals surface area contributed by atoms with Crippen LogP contribution in [0.2, 0.25) is 0 Å². The molecule has 3 atom stereocenters. The van der Waals surface area contributed by atoms with Crippen LogP contribution in [0.25, 0.3) is 33.5 Å². The Morgan fingerprint density at radius 3 is 2.72 bits per heavy atom. The van der Waals surface area contributed by atoms with Gasteiger partial charge in [0.15, 0.2) is 5.82 Å². The molecule has 3 aliphatic rings. The van der Waals surface area contributed by atoms with Crippen molar-refractivity contribution >= 4 is 33.5 Å². The molecule has 39 heavy (non-hydrogen) atoms. The summed E-state index contributed by atoms with van der Waals surface area (Å²) >= 11 is 0. The van der Waals surface area contributed by atoms with Gasteiger partial charge in [-0.2, -0.15) is 0 Å². The van der Waals surface area contributed by atoms with Crippen LogP contribution < -0.4 is 4.90 Å².